The van der Waals surface area contributed by atoms with Crippen molar-refractivity contribution in [3.63, 3.8) is 0 Å². The maximum absolute atomic E-state index is 12.7. The fraction of sp³-hybridized carbons (Fsp3) is 1.00. The van der Waals surface area contributed by atoms with Crippen LogP contribution in [0.3, 0.4) is 0 Å². The molecular formula is C3H4F4O12S4. The topological polar surface area (TPSA) is 195 Å². The molecule has 0 aliphatic heterocycles. The Morgan fingerprint density at radius 3 is 1.04 bits per heavy atom. The smallest absolute Gasteiger partial charge is 0.280 e. The van der Waals surface area contributed by atoms with E-state index >= 15 is 0 Å². The lowest BCUT2D eigenvalue weighted by atomic mass is 11.6. The summed E-state index contributed by atoms with van der Waals surface area (Å²) >= 11 is 0. The first-order valence-corrected chi connectivity index (χ1v) is 9.88. The zero-order valence-electron chi connectivity index (χ0n) is 9.83. The average molecular weight is 436 g/mol. The normalized spacial score (nSPS) is 15.6. The minimum absolute atomic E-state index is 2.57. The van der Waals surface area contributed by atoms with Crippen LogP contribution in [0.2, 0.25) is 0 Å². The van der Waals surface area contributed by atoms with Crippen LogP contribution >= 0.6 is 0 Å². The molecule has 0 bridgehead atoms. The standard InChI is InChI=1S/C3H4F4O12S4/c4-2(5,20(8,9)10)22(14,15)18-1-19-23(16,17)3(6,7)21(11,12)13/h1H2,(H,8,9,10)(H,11,12,13). The van der Waals surface area contributed by atoms with Gasteiger partial charge in [-0.05, 0) is 0 Å². The van der Waals surface area contributed by atoms with Gasteiger partial charge in [-0.1, -0.05) is 0 Å². The second-order valence-corrected chi connectivity index (χ2v) is 9.89. The highest BCUT2D eigenvalue weighted by molar-refractivity contribution is 8.05. The summed E-state index contributed by atoms with van der Waals surface area (Å²) in [6.07, 6.45) is 0. The van der Waals surface area contributed by atoms with Gasteiger partial charge in [-0.15, -0.1) is 0 Å². The third kappa shape index (κ3) is 4.26. The second-order valence-electron chi connectivity index (χ2n) is 3.14. The van der Waals surface area contributed by atoms with Crippen LogP contribution in [0.15, 0.2) is 0 Å². The summed E-state index contributed by atoms with van der Waals surface area (Å²) in [5, 5.41) is 0. The maximum Gasteiger partial charge on any atom is 0.496 e. The van der Waals surface area contributed by atoms with Crippen LogP contribution in [0.25, 0.3) is 0 Å². The average Bonchev–Trinajstić information content (AvgIpc) is 2.24. The van der Waals surface area contributed by atoms with Crippen molar-refractivity contribution < 1.29 is 68.7 Å². The van der Waals surface area contributed by atoms with Crippen molar-refractivity contribution in [3.8, 4) is 0 Å². The first kappa shape index (κ1) is 22.4. The van der Waals surface area contributed by atoms with Crippen LogP contribution in [-0.2, 0) is 48.8 Å². The quantitative estimate of drug-likeness (QED) is 0.194. The minimum Gasteiger partial charge on any atom is -0.280 e. The van der Waals surface area contributed by atoms with E-state index in [1.54, 1.807) is 0 Å². The minimum atomic E-state index is -6.64. The first-order valence-electron chi connectivity index (χ1n) is 4.18. The van der Waals surface area contributed by atoms with E-state index in [0.717, 1.165) is 0 Å². The van der Waals surface area contributed by atoms with Gasteiger partial charge in [0.1, 0.15) is 0 Å². The molecule has 2 N–H and O–H groups in total. The van der Waals surface area contributed by atoms with Gasteiger partial charge in [0.15, 0.2) is 6.79 Å². The summed E-state index contributed by atoms with van der Waals surface area (Å²) in [5.74, 6) is 0. The summed E-state index contributed by atoms with van der Waals surface area (Å²) in [6, 6.07) is 0. The van der Waals surface area contributed by atoms with Gasteiger partial charge in [0.2, 0.25) is 0 Å². The zero-order valence-corrected chi connectivity index (χ0v) is 13.1. The molecule has 0 heterocycles. The van der Waals surface area contributed by atoms with Gasteiger partial charge < -0.3 is 0 Å². The molecule has 0 unspecified atom stereocenters. The first-order chi connectivity index (χ1) is 9.71. The van der Waals surface area contributed by atoms with E-state index in [1.807, 2.05) is 0 Å². The number of hydrogen-bond donors (Lipinski definition) is 2. The third-order valence-corrected chi connectivity index (χ3v) is 7.26. The van der Waals surface area contributed by atoms with Crippen LogP contribution in [-0.4, -0.2) is 58.7 Å². The molecule has 0 radical (unpaired) electrons. The van der Waals surface area contributed by atoms with Crippen LogP contribution in [0, 0.1) is 0 Å². The fourth-order valence-corrected chi connectivity index (χ4v) is 3.58. The molecule has 23 heavy (non-hydrogen) atoms. The van der Waals surface area contributed by atoms with Gasteiger partial charge in [0.05, 0.1) is 0 Å². The lowest BCUT2D eigenvalue weighted by Gasteiger charge is -2.15. The van der Waals surface area contributed by atoms with Crippen LogP contribution in [0.4, 0.5) is 17.6 Å². The summed E-state index contributed by atoms with van der Waals surface area (Å²) in [7, 11) is -26.5. The van der Waals surface area contributed by atoms with E-state index in [9.17, 15) is 51.2 Å². The Balaban J connectivity index is 5.35. The molecule has 0 aromatic carbocycles. The molecule has 12 nitrogen and oxygen atoms in total. The summed E-state index contributed by atoms with van der Waals surface area (Å²) < 4.78 is 144. The fourth-order valence-electron chi connectivity index (χ4n) is 0.541. The lowest BCUT2D eigenvalue weighted by Crippen LogP contribution is -2.41. The number of rotatable bonds is 8. The Kier molecular flexibility index (Phi) is 5.85. The molecule has 0 fully saturated rings. The summed E-state index contributed by atoms with van der Waals surface area (Å²) in [4.78, 5) is 0. The monoisotopic (exact) mass is 436 g/mol. The third-order valence-electron chi connectivity index (χ3n) is 1.59. The molecule has 0 aromatic rings. The Labute approximate surface area is 125 Å². The molecule has 0 aliphatic carbocycles. The Bertz CT molecular complexity index is 789. The molecule has 0 aliphatic rings. The van der Waals surface area contributed by atoms with Gasteiger partial charge in [-0.2, -0.15) is 51.2 Å². The summed E-state index contributed by atoms with van der Waals surface area (Å²) in [5.41, 5.74) is 0. The van der Waals surface area contributed by atoms with Crippen molar-refractivity contribution in [2.45, 2.75) is 9.17 Å². The molecule has 0 atom stereocenters. The van der Waals surface area contributed by atoms with Gasteiger partial charge in [0, 0.05) is 0 Å². The van der Waals surface area contributed by atoms with Crippen molar-refractivity contribution in [3.05, 3.63) is 0 Å². The van der Waals surface area contributed by atoms with E-state index < -0.39 is 56.4 Å². The Hall–Kier alpha value is -0.640. The molecule has 140 valence electrons. The maximum atomic E-state index is 12.7. The molecular weight excluding hydrogens is 432 g/mol. The van der Waals surface area contributed by atoms with Crippen LogP contribution in [0.5, 0.6) is 0 Å². The molecule has 0 saturated carbocycles. The highest BCUT2D eigenvalue weighted by Gasteiger charge is 2.61. The molecule has 0 saturated heterocycles. The van der Waals surface area contributed by atoms with E-state index in [1.165, 1.54) is 0 Å². The number of alkyl halides is 4. The molecule has 0 amide bonds. The predicted molar refractivity (Wildman–Crippen MR) is 57.9 cm³/mol. The van der Waals surface area contributed by atoms with E-state index in [-0.39, 0.29) is 0 Å². The number of hydrogen-bond acceptors (Lipinski definition) is 10. The highest BCUT2D eigenvalue weighted by atomic mass is 32.3. The van der Waals surface area contributed by atoms with Crippen molar-refractivity contribution in [1.29, 1.82) is 0 Å². The lowest BCUT2D eigenvalue weighted by molar-refractivity contribution is 0.0779. The van der Waals surface area contributed by atoms with Gasteiger partial charge in [-0.3, -0.25) is 9.11 Å². The summed E-state index contributed by atoms with van der Waals surface area (Å²) in [6.45, 7) is -2.57. The van der Waals surface area contributed by atoms with Crippen molar-refractivity contribution in [2.75, 3.05) is 6.79 Å². The van der Waals surface area contributed by atoms with E-state index in [0.29, 0.717) is 0 Å². The molecule has 20 heteroatoms. The van der Waals surface area contributed by atoms with Gasteiger partial charge in [0.25, 0.3) is 0 Å². The van der Waals surface area contributed by atoms with Gasteiger partial charge >= 0.3 is 49.6 Å². The molecule has 0 aromatic heterocycles. The van der Waals surface area contributed by atoms with Crippen molar-refractivity contribution in [1.82, 2.24) is 0 Å². The Morgan fingerprint density at radius 2 is 0.870 bits per heavy atom. The van der Waals surface area contributed by atoms with Crippen molar-refractivity contribution in [2.24, 2.45) is 0 Å². The zero-order chi connectivity index (χ0) is 19.1. The largest absolute Gasteiger partial charge is 0.496 e. The highest BCUT2D eigenvalue weighted by Crippen LogP contribution is 2.31. The van der Waals surface area contributed by atoms with Crippen molar-refractivity contribution >= 4 is 40.5 Å². The second kappa shape index (κ2) is 6.02. The molecule has 0 rings (SSSR count). The van der Waals surface area contributed by atoms with Gasteiger partial charge in [-0.25, -0.2) is 8.37 Å². The predicted octanol–water partition coefficient (Wildman–Crippen LogP) is -1.49. The van der Waals surface area contributed by atoms with E-state index in [4.69, 9.17) is 9.11 Å². The molecule has 0 spiro atoms. The van der Waals surface area contributed by atoms with E-state index in [2.05, 4.69) is 8.37 Å². The van der Waals surface area contributed by atoms with Crippen LogP contribution < -0.4 is 0 Å². The Morgan fingerprint density at radius 1 is 0.652 bits per heavy atom. The number of halogens is 4. The van der Waals surface area contributed by atoms with Crippen LogP contribution in [0.1, 0.15) is 0 Å². The SMILES string of the molecule is O=S(=O)(O)C(F)(F)S(=O)(=O)OCOS(=O)(=O)C(F)(F)S(=O)(=O)O.